The van der Waals surface area contributed by atoms with Crippen molar-refractivity contribution < 1.29 is 18.0 Å². The molecule has 1 aromatic carbocycles. The molecule has 146 valence electrons. The van der Waals surface area contributed by atoms with Crippen molar-refractivity contribution in [2.24, 2.45) is 10.9 Å². The average Bonchev–Trinajstić information content (AvgIpc) is 2.57. The lowest BCUT2D eigenvalue weighted by molar-refractivity contribution is -0.137. The van der Waals surface area contributed by atoms with E-state index in [1.807, 2.05) is 6.92 Å². The number of carbonyl (C=O) groups excluding carboxylic acids is 1. The Balaban J connectivity index is 2.71. The molecule has 0 heterocycles. The van der Waals surface area contributed by atoms with Crippen LogP contribution in [0.25, 0.3) is 0 Å². The molecule has 0 bridgehead atoms. The van der Waals surface area contributed by atoms with Gasteiger partial charge in [0.05, 0.1) is 18.2 Å². The molecule has 0 aromatic heterocycles. The highest BCUT2D eigenvalue weighted by atomic mass is 19.4. The molecule has 0 saturated heterocycles. The molecule has 5 nitrogen and oxygen atoms in total. The fourth-order valence-corrected chi connectivity index (χ4v) is 2.14. The third kappa shape index (κ3) is 7.33. The van der Waals surface area contributed by atoms with Crippen molar-refractivity contribution in [2.75, 3.05) is 19.6 Å². The number of hydrogen-bond donors (Lipinski definition) is 3. The largest absolute Gasteiger partial charge is 0.416 e. The van der Waals surface area contributed by atoms with E-state index in [1.165, 1.54) is 6.07 Å². The molecule has 0 aliphatic rings. The molecule has 8 heteroatoms. The molecule has 0 spiro atoms. The number of rotatable bonds is 7. The van der Waals surface area contributed by atoms with Crippen LogP contribution in [-0.2, 0) is 11.0 Å². The number of carbonyl (C=O) groups is 1. The Bertz CT molecular complexity index is 615. The average molecular weight is 372 g/mol. The molecule has 0 radical (unpaired) electrons. The van der Waals surface area contributed by atoms with Crippen LogP contribution in [0.5, 0.6) is 0 Å². The van der Waals surface area contributed by atoms with Crippen LogP contribution in [0.3, 0.4) is 0 Å². The van der Waals surface area contributed by atoms with Gasteiger partial charge in [0.2, 0.25) is 5.91 Å². The molecule has 1 unspecified atom stereocenters. The van der Waals surface area contributed by atoms with Gasteiger partial charge in [-0.15, -0.1) is 0 Å². The fraction of sp³-hybridized carbons (Fsp3) is 0.556. The van der Waals surface area contributed by atoms with Crippen LogP contribution in [0.4, 0.5) is 13.2 Å². The summed E-state index contributed by atoms with van der Waals surface area (Å²) in [5, 5.41) is 8.89. The van der Waals surface area contributed by atoms with Gasteiger partial charge in [-0.25, -0.2) is 0 Å². The number of aliphatic imine (C=N–C) groups is 1. The Morgan fingerprint density at radius 2 is 1.88 bits per heavy atom. The van der Waals surface area contributed by atoms with Crippen molar-refractivity contribution in [1.82, 2.24) is 16.0 Å². The van der Waals surface area contributed by atoms with Crippen LogP contribution in [0.15, 0.2) is 29.3 Å². The summed E-state index contributed by atoms with van der Waals surface area (Å²) in [6.07, 6.45) is -4.37. The van der Waals surface area contributed by atoms with E-state index in [0.717, 1.165) is 12.1 Å². The number of halogens is 3. The minimum absolute atomic E-state index is 0.0458. The monoisotopic (exact) mass is 372 g/mol. The van der Waals surface area contributed by atoms with E-state index in [4.69, 9.17) is 0 Å². The van der Waals surface area contributed by atoms with Crippen LogP contribution in [0.1, 0.15) is 44.9 Å². The number of amides is 1. The minimum Gasteiger partial charge on any atom is -0.357 e. The number of hydrogen-bond acceptors (Lipinski definition) is 2. The lowest BCUT2D eigenvalue weighted by atomic mass is 10.1. The van der Waals surface area contributed by atoms with Gasteiger partial charge in [0.25, 0.3) is 0 Å². The summed E-state index contributed by atoms with van der Waals surface area (Å²) < 4.78 is 38.6. The smallest absolute Gasteiger partial charge is 0.357 e. The maximum absolute atomic E-state index is 12.9. The number of guanidine groups is 1. The maximum atomic E-state index is 12.9. The molecule has 1 rings (SSSR count). The molecule has 1 atom stereocenters. The molecule has 1 aromatic rings. The van der Waals surface area contributed by atoms with Gasteiger partial charge in [0, 0.05) is 19.0 Å². The normalized spacial score (nSPS) is 13.5. The van der Waals surface area contributed by atoms with Gasteiger partial charge in [-0.2, -0.15) is 13.2 Å². The third-order valence-electron chi connectivity index (χ3n) is 3.62. The van der Waals surface area contributed by atoms with E-state index in [-0.39, 0.29) is 17.9 Å². The quantitative estimate of drug-likeness (QED) is 0.391. The van der Waals surface area contributed by atoms with Crippen molar-refractivity contribution >= 4 is 11.9 Å². The first-order valence-corrected chi connectivity index (χ1v) is 8.64. The zero-order valence-corrected chi connectivity index (χ0v) is 15.6. The zero-order chi connectivity index (χ0) is 19.7. The second-order valence-corrected chi connectivity index (χ2v) is 6.20. The van der Waals surface area contributed by atoms with Gasteiger partial charge in [-0.1, -0.05) is 26.0 Å². The molecule has 0 aliphatic heterocycles. The van der Waals surface area contributed by atoms with Gasteiger partial charge < -0.3 is 16.0 Å². The number of benzene rings is 1. The van der Waals surface area contributed by atoms with Gasteiger partial charge >= 0.3 is 6.18 Å². The summed E-state index contributed by atoms with van der Waals surface area (Å²) in [6.45, 7) is 8.64. The predicted molar refractivity (Wildman–Crippen MR) is 96.8 cm³/mol. The molecule has 26 heavy (non-hydrogen) atoms. The van der Waals surface area contributed by atoms with E-state index >= 15 is 0 Å². The summed E-state index contributed by atoms with van der Waals surface area (Å²) in [5.41, 5.74) is -0.166. The van der Waals surface area contributed by atoms with E-state index < -0.39 is 11.7 Å². The first kappa shape index (κ1) is 21.8. The Hall–Kier alpha value is -2.25. The van der Waals surface area contributed by atoms with Crippen molar-refractivity contribution in [1.29, 1.82) is 0 Å². The molecule has 1 amide bonds. The first-order chi connectivity index (χ1) is 12.1. The van der Waals surface area contributed by atoms with Gasteiger partial charge in [0.15, 0.2) is 5.96 Å². The fourth-order valence-electron chi connectivity index (χ4n) is 2.14. The van der Waals surface area contributed by atoms with E-state index in [9.17, 15) is 18.0 Å². The zero-order valence-electron chi connectivity index (χ0n) is 15.6. The maximum Gasteiger partial charge on any atom is 0.416 e. The second-order valence-electron chi connectivity index (χ2n) is 6.20. The van der Waals surface area contributed by atoms with E-state index in [2.05, 4.69) is 20.9 Å². The highest BCUT2D eigenvalue weighted by molar-refractivity contribution is 5.80. The van der Waals surface area contributed by atoms with Crippen molar-refractivity contribution in [3.05, 3.63) is 35.4 Å². The standard InChI is InChI=1S/C18H27F3N4O/c1-5-22-17(24-10-9-23-16(26)12(2)3)25-13(4)14-7-6-8-15(11-14)18(19,20)21/h6-8,11-13H,5,9-10H2,1-4H3,(H,23,26)(H2,22,24,25). The third-order valence-corrected chi connectivity index (χ3v) is 3.62. The molecule has 0 saturated carbocycles. The Morgan fingerprint density at radius 3 is 2.46 bits per heavy atom. The number of nitrogens with zero attached hydrogens (tertiary/aromatic N) is 1. The summed E-state index contributed by atoms with van der Waals surface area (Å²) in [5.74, 6) is 0.345. The van der Waals surface area contributed by atoms with Crippen molar-refractivity contribution in [3.8, 4) is 0 Å². The van der Waals surface area contributed by atoms with Crippen molar-refractivity contribution in [3.63, 3.8) is 0 Å². The SMILES string of the molecule is CCNC(=NCCNC(=O)C(C)C)NC(C)c1cccc(C(F)(F)F)c1. The molecule has 0 fully saturated rings. The van der Waals surface area contributed by atoms with E-state index in [0.29, 0.717) is 31.2 Å². The highest BCUT2D eigenvalue weighted by Crippen LogP contribution is 2.30. The van der Waals surface area contributed by atoms with Crippen LogP contribution in [0.2, 0.25) is 0 Å². The van der Waals surface area contributed by atoms with Gasteiger partial charge in [0.1, 0.15) is 0 Å². The lowest BCUT2D eigenvalue weighted by Gasteiger charge is -2.19. The summed E-state index contributed by atoms with van der Waals surface area (Å²) >= 11 is 0. The van der Waals surface area contributed by atoms with E-state index in [1.54, 1.807) is 26.8 Å². The van der Waals surface area contributed by atoms with Crippen LogP contribution in [0, 0.1) is 5.92 Å². The molecule has 0 aliphatic carbocycles. The number of alkyl halides is 3. The Labute approximate surface area is 152 Å². The number of nitrogens with one attached hydrogen (secondary N) is 3. The first-order valence-electron chi connectivity index (χ1n) is 8.64. The lowest BCUT2D eigenvalue weighted by Crippen LogP contribution is -2.39. The molecular weight excluding hydrogens is 345 g/mol. The van der Waals surface area contributed by atoms with Crippen molar-refractivity contribution in [2.45, 2.75) is 39.9 Å². The summed E-state index contributed by atoms with van der Waals surface area (Å²) in [7, 11) is 0. The van der Waals surface area contributed by atoms with Crippen LogP contribution in [-0.4, -0.2) is 31.5 Å². The second kappa shape index (κ2) is 10.0. The van der Waals surface area contributed by atoms with Gasteiger partial charge in [-0.3, -0.25) is 9.79 Å². The highest BCUT2D eigenvalue weighted by Gasteiger charge is 2.30. The van der Waals surface area contributed by atoms with Crippen LogP contribution >= 0.6 is 0 Å². The molecular formula is C18H27F3N4O. The summed E-state index contributed by atoms with van der Waals surface area (Å²) in [4.78, 5) is 15.8. The Kier molecular flexibility index (Phi) is 8.41. The Morgan fingerprint density at radius 1 is 1.19 bits per heavy atom. The molecule has 3 N–H and O–H groups in total. The predicted octanol–water partition coefficient (Wildman–Crippen LogP) is 3.09. The summed E-state index contributed by atoms with van der Waals surface area (Å²) in [6, 6.07) is 4.85. The minimum atomic E-state index is -4.37. The topological polar surface area (TPSA) is 65.5 Å². The van der Waals surface area contributed by atoms with Gasteiger partial charge in [-0.05, 0) is 31.5 Å². The van der Waals surface area contributed by atoms with Crippen LogP contribution < -0.4 is 16.0 Å².